The molecule has 178 valence electrons. The zero-order valence-electron chi connectivity index (χ0n) is 19.3. The smallest absolute Gasteiger partial charge is 0.261 e. The molecule has 7 nitrogen and oxygen atoms in total. The van der Waals surface area contributed by atoms with E-state index in [0.29, 0.717) is 11.3 Å². The number of likely N-dealkylation sites (tertiary alicyclic amines) is 1. The molecule has 0 spiro atoms. The van der Waals surface area contributed by atoms with Crippen molar-refractivity contribution >= 4 is 21.6 Å². The van der Waals surface area contributed by atoms with Crippen molar-refractivity contribution in [3.63, 3.8) is 0 Å². The summed E-state index contributed by atoms with van der Waals surface area (Å²) in [6, 6.07) is 21.0. The van der Waals surface area contributed by atoms with Crippen molar-refractivity contribution in [2.24, 2.45) is 0 Å². The van der Waals surface area contributed by atoms with Crippen LogP contribution in [0, 0.1) is 0 Å². The van der Waals surface area contributed by atoms with Gasteiger partial charge in [0.2, 0.25) is 0 Å². The molecule has 1 saturated heterocycles. The number of aromatic nitrogens is 1. The fourth-order valence-corrected chi connectivity index (χ4v) is 5.32. The number of nitrogens with zero attached hydrogens (tertiary/aromatic N) is 3. The molecule has 0 aliphatic carbocycles. The highest BCUT2D eigenvalue weighted by atomic mass is 32.2. The Morgan fingerprint density at radius 1 is 1.03 bits per heavy atom. The molecule has 2 heterocycles. The van der Waals surface area contributed by atoms with Crippen LogP contribution in [0.15, 0.2) is 83.9 Å². The molecular formula is C26H30N4O3S. The van der Waals surface area contributed by atoms with Gasteiger partial charge in [0.15, 0.2) is 0 Å². The van der Waals surface area contributed by atoms with Gasteiger partial charge in [-0.2, -0.15) is 0 Å². The van der Waals surface area contributed by atoms with E-state index in [0.717, 1.165) is 44.6 Å². The van der Waals surface area contributed by atoms with E-state index in [2.05, 4.69) is 14.6 Å². The second-order valence-electron chi connectivity index (χ2n) is 8.56. The lowest BCUT2D eigenvalue weighted by molar-refractivity contribution is 0.0643. The number of sulfonamides is 1. The molecule has 2 aromatic carbocycles. The zero-order chi connectivity index (χ0) is 24.0. The lowest BCUT2D eigenvalue weighted by atomic mass is 10.0. The number of carbonyl (C=O) groups is 1. The lowest BCUT2D eigenvalue weighted by Crippen LogP contribution is -2.46. The third-order valence-electron chi connectivity index (χ3n) is 6.25. The summed E-state index contributed by atoms with van der Waals surface area (Å²) in [7, 11) is -1.88. The van der Waals surface area contributed by atoms with Gasteiger partial charge in [-0.15, -0.1) is 0 Å². The molecule has 1 amide bonds. The van der Waals surface area contributed by atoms with Crippen LogP contribution in [-0.2, 0) is 16.4 Å². The Balaban J connectivity index is 1.33. The Morgan fingerprint density at radius 3 is 2.47 bits per heavy atom. The van der Waals surface area contributed by atoms with Crippen LogP contribution in [0.25, 0.3) is 0 Å². The van der Waals surface area contributed by atoms with Crippen LogP contribution in [0.5, 0.6) is 0 Å². The minimum Gasteiger partial charge on any atom is -0.339 e. The molecule has 1 aliphatic rings. The molecule has 0 bridgehead atoms. The average molecular weight is 479 g/mol. The molecule has 3 aromatic rings. The Labute approximate surface area is 201 Å². The van der Waals surface area contributed by atoms with E-state index in [4.69, 9.17) is 0 Å². The predicted molar refractivity (Wildman–Crippen MR) is 133 cm³/mol. The molecule has 0 unspecified atom stereocenters. The van der Waals surface area contributed by atoms with Crippen molar-refractivity contribution in [3.8, 4) is 0 Å². The second-order valence-corrected chi connectivity index (χ2v) is 10.2. The van der Waals surface area contributed by atoms with Crippen molar-refractivity contribution in [3.05, 3.63) is 90.3 Å². The first-order valence-electron chi connectivity index (χ1n) is 11.5. The summed E-state index contributed by atoms with van der Waals surface area (Å²) in [6.07, 6.45) is 4.56. The lowest BCUT2D eigenvalue weighted by Gasteiger charge is -2.36. The van der Waals surface area contributed by atoms with Crippen LogP contribution in [0.1, 0.15) is 28.9 Å². The van der Waals surface area contributed by atoms with Gasteiger partial charge in [0.05, 0.1) is 4.90 Å². The fourth-order valence-electron chi connectivity index (χ4n) is 4.25. The van der Waals surface area contributed by atoms with Crippen LogP contribution in [0.4, 0.5) is 5.69 Å². The van der Waals surface area contributed by atoms with Gasteiger partial charge in [-0.25, -0.2) is 8.42 Å². The second kappa shape index (κ2) is 10.8. The van der Waals surface area contributed by atoms with Crippen LogP contribution in [0.2, 0.25) is 0 Å². The minimum atomic E-state index is -3.71. The first-order valence-corrected chi connectivity index (χ1v) is 13.0. The van der Waals surface area contributed by atoms with E-state index in [1.807, 2.05) is 31.4 Å². The number of hydrogen-bond acceptors (Lipinski definition) is 5. The van der Waals surface area contributed by atoms with Gasteiger partial charge in [-0.1, -0.05) is 30.3 Å². The summed E-state index contributed by atoms with van der Waals surface area (Å²) in [4.78, 5) is 21.9. The maximum absolute atomic E-state index is 13.2. The number of benzene rings is 2. The molecule has 1 aromatic heterocycles. The first kappa shape index (κ1) is 23.9. The molecule has 34 heavy (non-hydrogen) atoms. The third-order valence-corrected chi connectivity index (χ3v) is 7.65. The molecule has 8 heteroatoms. The molecule has 1 aliphatic heterocycles. The van der Waals surface area contributed by atoms with Gasteiger partial charge in [0.1, 0.15) is 0 Å². The van der Waals surface area contributed by atoms with E-state index >= 15 is 0 Å². The Kier molecular flexibility index (Phi) is 7.59. The quantitative estimate of drug-likeness (QED) is 0.534. The van der Waals surface area contributed by atoms with E-state index in [9.17, 15) is 13.2 Å². The number of piperidine rings is 1. The van der Waals surface area contributed by atoms with Crippen LogP contribution in [-0.4, -0.2) is 61.8 Å². The SMILES string of the molecule is CN(C(=O)c1cccc(NS(=O)(=O)c2ccccc2)c1)C1CCN(CCc2ccccn2)CC1. The van der Waals surface area contributed by atoms with E-state index in [-0.39, 0.29) is 16.8 Å². The highest BCUT2D eigenvalue weighted by Gasteiger charge is 2.26. The Morgan fingerprint density at radius 2 is 1.76 bits per heavy atom. The van der Waals surface area contributed by atoms with Crippen molar-refractivity contribution in [1.29, 1.82) is 0 Å². The molecule has 1 fully saturated rings. The highest BCUT2D eigenvalue weighted by Crippen LogP contribution is 2.21. The number of rotatable bonds is 8. The van der Waals surface area contributed by atoms with Crippen LogP contribution >= 0.6 is 0 Å². The van der Waals surface area contributed by atoms with Gasteiger partial charge >= 0.3 is 0 Å². The molecular weight excluding hydrogens is 448 g/mol. The van der Waals surface area contributed by atoms with Crippen molar-refractivity contribution < 1.29 is 13.2 Å². The molecule has 0 atom stereocenters. The predicted octanol–water partition coefficient (Wildman–Crippen LogP) is 3.66. The first-order chi connectivity index (χ1) is 16.4. The number of anilines is 1. The molecule has 4 rings (SSSR count). The van der Waals surface area contributed by atoms with Gasteiger partial charge in [0, 0.05) is 62.3 Å². The number of pyridine rings is 1. The van der Waals surface area contributed by atoms with Gasteiger partial charge in [0.25, 0.3) is 15.9 Å². The number of hydrogen-bond donors (Lipinski definition) is 1. The minimum absolute atomic E-state index is 0.104. The molecule has 0 radical (unpaired) electrons. The van der Waals surface area contributed by atoms with Gasteiger partial charge < -0.3 is 9.80 Å². The largest absolute Gasteiger partial charge is 0.339 e. The van der Waals surface area contributed by atoms with Gasteiger partial charge in [-0.05, 0) is 55.3 Å². The summed E-state index contributed by atoms with van der Waals surface area (Å²) in [5.74, 6) is -0.104. The van der Waals surface area contributed by atoms with Crippen LogP contribution in [0.3, 0.4) is 0 Å². The topological polar surface area (TPSA) is 82.6 Å². The summed E-state index contributed by atoms with van der Waals surface area (Å²) in [5.41, 5.74) is 1.93. The highest BCUT2D eigenvalue weighted by molar-refractivity contribution is 7.92. The maximum atomic E-state index is 13.2. The van der Waals surface area contributed by atoms with Crippen molar-refractivity contribution in [1.82, 2.24) is 14.8 Å². The van der Waals surface area contributed by atoms with E-state index in [1.165, 1.54) is 12.1 Å². The fraction of sp³-hybridized carbons (Fsp3) is 0.308. The standard InChI is InChI=1S/C26H30N4O3S/c1-29(24-14-18-30(19-15-24)17-13-22-9-5-6-16-27-22)26(31)21-8-7-10-23(20-21)28-34(32,33)25-11-3-2-4-12-25/h2-12,16,20,24,28H,13-15,17-19H2,1H3. The normalized spacial score (nSPS) is 15.1. The van der Waals surface area contributed by atoms with E-state index < -0.39 is 10.0 Å². The van der Waals surface area contributed by atoms with Gasteiger partial charge in [-0.3, -0.25) is 14.5 Å². The summed E-state index contributed by atoms with van der Waals surface area (Å²) < 4.78 is 27.8. The van der Waals surface area contributed by atoms with Crippen molar-refractivity contribution in [2.45, 2.75) is 30.2 Å². The summed E-state index contributed by atoms with van der Waals surface area (Å²) >= 11 is 0. The Bertz CT molecular complexity index is 1190. The summed E-state index contributed by atoms with van der Waals surface area (Å²) in [5, 5.41) is 0. The average Bonchev–Trinajstić information content (AvgIpc) is 2.88. The number of carbonyl (C=O) groups excluding carboxylic acids is 1. The summed E-state index contributed by atoms with van der Waals surface area (Å²) in [6.45, 7) is 2.84. The van der Waals surface area contributed by atoms with Crippen LogP contribution < -0.4 is 4.72 Å². The molecule has 0 saturated carbocycles. The number of nitrogens with one attached hydrogen (secondary N) is 1. The van der Waals surface area contributed by atoms with Crippen molar-refractivity contribution in [2.75, 3.05) is 31.4 Å². The Hall–Kier alpha value is -3.23. The zero-order valence-corrected chi connectivity index (χ0v) is 20.1. The number of amides is 1. The maximum Gasteiger partial charge on any atom is 0.261 e. The monoisotopic (exact) mass is 478 g/mol. The third kappa shape index (κ3) is 6.01. The van der Waals surface area contributed by atoms with E-state index in [1.54, 1.807) is 47.4 Å². The molecule has 1 N–H and O–H groups in total.